The molecule has 1 aromatic rings. The third-order valence-electron chi connectivity index (χ3n) is 4.06. The highest BCUT2D eigenvalue weighted by molar-refractivity contribution is 5.74. The van der Waals surface area contributed by atoms with Crippen LogP contribution < -0.4 is 10.2 Å². The van der Waals surface area contributed by atoms with Crippen LogP contribution in [0.5, 0.6) is 0 Å². The maximum absolute atomic E-state index is 11.5. The molecule has 0 saturated heterocycles. The SMILES string of the molecule is CCC(CC)(CNCc1ccccc1N(C)C)C(=O)O. The lowest BCUT2D eigenvalue weighted by Gasteiger charge is -2.27. The second-order valence-electron chi connectivity index (χ2n) is 5.42. The number of rotatable bonds is 8. The number of carboxylic acid groups (broad SMARTS) is 1. The van der Waals surface area contributed by atoms with Crippen molar-refractivity contribution in [2.24, 2.45) is 5.41 Å². The molecule has 0 atom stereocenters. The fourth-order valence-electron chi connectivity index (χ4n) is 2.41. The minimum absolute atomic E-state index is 0.497. The third-order valence-corrected chi connectivity index (χ3v) is 4.06. The van der Waals surface area contributed by atoms with Crippen LogP contribution in [0.1, 0.15) is 32.3 Å². The van der Waals surface area contributed by atoms with Crippen molar-refractivity contribution in [3.8, 4) is 0 Å². The van der Waals surface area contributed by atoms with E-state index >= 15 is 0 Å². The van der Waals surface area contributed by atoms with Gasteiger partial charge in [-0.05, 0) is 24.5 Å². The molecule has 1 aromatic carbocycles. The van der Waals surface area contributed by atoms with Gasteiger partial charge in [-0.25, -0.2) is 0 Å². The standard InChI is InChI=1S/C16H26N2O2/c1-5-16(6-2,15(19)20)12-17-11-13-9-7-8-10-14(13)18(3)4/h7-10,17H,5-6,11-12H2,1-4H3,(H,19,20). The summed E-state index contributed by atoms with van der Waals surface area (Å²) in [5.41, 5.74) is 1.69. The van der Waals surface area contributed by atoms with E-state index in [9.17, 15) is 9.90 Å². The molecular formula is C16H26N2O2. The number of carboxylic acids is 1. The monoisotopic (exact) mass is 278 g/mol. The molecule has 0 radical (unpaired) electrons. The zero-order valence-electron chi connectivity index (χ0n) is 12.9. The Labute approximate surface area is 121 Å². The molecule has 0 aromatic heterocycles. The van der Waals surface area contributed by atoms with E-state index in [1.807, 2.05) is 40.1 Å². The maximum atomic E-state index is 11.5. The minimum atomic E-state index is -0.712. The third kappa shape index (κ3) is 3.73. The summed E-state index contributed by atoms with van der Waals surface area (Å²) < 4.78 is 0. The molecule has 0 heterocycles. The molecule has 112 valence electrons. The summed E-state index contributed by atoms with van der Waals surface area (Å²) >= 11 is 0. The van der Waals surface area contributed by atoms with Crippen LogP contribution in [0, 0.1) is 5.41 Å². The van der Waals surface area contributed by atoms with E-state index in [-0.39, 0.29) is 0 Å². The Morgan fingerprint density at radius 3 is 2.35 bits per heavy atom. The Hall–Kier alpha value is -1.55. The first-order chi connectivity index (χ1) is 9.46. The molecule has 0 amide bonds. The number of nitrogens with zero attached hydrogens (tertiary/aromatic N) is 1. The van der Waals surface area contributed by atoms with E-state index in [0.29, 0.717) is 25.9 Å². The number of carbonyl (C=O) groups is 1. The Kier molecular flexibility index (Phi) is 6.02. The molecule has 0 aliphatic heterocycles. The van der Waals surface area contributed by atoms with Crippen molar-refractivity contribution >= 4 is 11.7 Å². The zero-order valence-corrected chi connectivity index (χ0v) is 12.9. The van der Waals surface area contributed by atoms with E-state index in [2.05, 4.69) is 22.3 Å². The predicted octanol–water partition coefficient (Wildman–Crippen LogP) is 2.73. The first kappa shape index (κ1) is 16.5. The van der Waals surface area contributed by atoms with E-state index in [1.54, 1.807) is 0 Å². The summed E-state index contributed by atoms with van der Waals surface area (Å²) in [6.07, 6.45) is 1.28. The lowest BCUT2D eigenvalue weighted by atomic mass is 9.82. The summed E-state index contributed by atoms with van der Waals surface area (Å²) in [5.74, 6) is -0.712. The van der Waals surface area contributed by atoms with Crippen LogP contribution in [0.15, 0.2) is 24.3 Å². The van der Waals surface area contributed by atoms with Gasteiger partial charge in [0, 0.05) is 32.9 Å². The number of hydrogen-bond acceptors (Lipinski definition) is 3. The first-order valence-electron chi connectivity index (χ1n) is 7.16. The fraction of sp³-hybridized carbons (Fsp3) is 0.562. The molecule has 1 rings (SSSR count). The van der Waals surface area contributed by atoms with Crippen molar-refractivity contribution in [1.82, 2.24) is 5.32 Å². The summed E-state index contributed by atoms with van der Waals surface area (Å²) in [4.78, 5) is 13.5. The number of aliphatic carboxylic acids is 1. The highest BCUT2D eigenvalue weighted by atomic mass is 16.4. The minimum Gasteiger partial charge on any atom is -0.481 e. The second kappa shape index (κ2) is 7.29. The van der Waals surface area contributed by atoms with Crippen molar-refractivity contribution in [3.63, 3.8) is 0 Å². The van der Waals surface area contributed by atoms with E-state index in [0.717, 1.165) is 5.69 Å². The fourth-order valence-corrected chi connectivity index (χ4v) is 2.41. The van der Waals surface area contributed by atoms with Gasteiger partial charge in [0.15, 0.2) is 0 Å². The number of benzene rings is 1. The van der Waals surface area contributed by atoms with Gasteiger partial charge in [-0.3, -0.25) is 4.79 Å². The zero-order chi connectivity index (χ0) is 15.2. The van der Waals surface area contributed by atoms with E-state index < -0.39 is 11.4 Å². The Bertz CT molecular complexity index is 440. The van der Waals surface area contributed by atoms with Crippen molar-refractivity contribution in [3.05, 3.63) is 29.8 Å². The molecule has 0 aliphatic carbocycles. The molecular weight excluding hydrogens is 252 g/mol. The van der Waals surface area contributed by atoms with Crippen LogP contribution in [-0.2, 0) is 11.3 Å². The highest BCUT2D eigenvalue weighted by Gasteiger charge is 2.34. The number of hydrogen-bond donors (Lipinski definition) is 2. The van der Waals surface area contributed by atoms with Crippen molar-refractivity contribution in [2.45, 2.75) is 33.2 Å². The van der Waals surface area contributed by atoms with Crippen molar-refractivity contribution < 1.29 is 9.90 Å². The average molecular weight is 278 g/mol. The van der Waals surface area contributed by atoms with Gasteiger partial charge in [-0.15, -0.1) is 0 Å². The molecule has 4 nitrogen and oxygen atoms in total. The molecule has 0 spiro atoms. The van der Waals surface area contributed by atoms with Crippen LogP contribution in [0.3, 0.4) is 0 Å². The summed E-state index contributed by atoms with van der Waals surface area (Å²) in [6, 6.07) is 8.16. The summed E-state index contributed by atoms with van der Waals surface area (Å²) in [7, 11) is 4.02. The van der Waals surface area contributed by atoms with Crippen LogP contribution >= 0.6 is 0 Å². The van der Waals surface area contributed by atoms with Gasteiger partial charge in [0.25, 0.3) is 0 Å². The quantitative estimate of drug-likeness (QED) is 0.767. The van der Waals surface area contributed by atoms with Gasteiger partial charge < -0.3 is 15.3 Å². The molecule has 20 heavy (non-hydrogen) atoms. The van der Waals surface area contributed by atoms with Crippen LogP contribution in [0.2, 0.25) is 0 Å². The smallest absolute Gasteiger partial charge is 0.310 e. The lowest BCUT2D eigenvalue weighted by molar-refractivity contribution is -0.149. The Morgan fingerprint density at radius 2 is 1.85 bits per heavy atom. The van der Waals surface area contributed by atoms with Crippen LogP contribution in [0.25, 0.3) is 0 Å². The topological polar surface area (TPSA) is 52.6 Å². The summed E-state index contributed by atoms with van der Waals surface area (Å²) in [5, 5.41) is 12.7. The van der Waals surface area contributed by atoms with E-state index in [1.165, 1.54) is 5.56 Å². The van der Waals surface area contributed by atoms with Gasteiger partial charge in [-0.1, -0.05) is 32.0 Å². The molecule has 0 saturated carbocycles. The van der Waals surface area contributed by atoms with Crippen LogP contribution in [-0.4, -0.2) is 31.7 Å². The second-order valence-corrected chi connectivity index (χ2v) is 5.42. The molecule has 4 heteroatoms. The first-order valence-corrected chi connectivity index (χ1v) is 7.16. The Morgan fingerprint density at radius 1 is 1.25 bits per heavy atom. The average Bonchev–Trinajstić information content (AvgIpc) is 2.44. The van der Waals surface area contributed by atoms with Crippen molar-refractivity contribution in [2.75, 3.05) is 25.5 Å². The Balaban J connectivity index is 2.71. The maximum Gasteiger partial charge on any atom is 0.310 e. The predicted molar refractivity (Wildman–Crippen MR) is 83.1 cm³/mol. The molecule has 0 bridgehead atoms. The normalized spacial score (nSPS) is 11.4. The van der Waals surface area contributed by atoms with Gasteiger partial charge in [0.1, 0.15) is 0 Å². The van der Waals surface area contributed by atoms with Crippen molar-refractivity contribution in [1.29, 1.82) is 0 Å². The number of para-hydroxylation sites is 1. The highest BCUT2D eigenvalue weighted by Crippen LogP contribution is 2.26. The largest absolute Gasteiger partial charge is 0.481 e. The van der Waals surface area contributed by atoms with Gasteiger partial charge >= 0.3 is 5.97 Å². The van der Waals surface area contributed by atoms with Gasteiger partial charge in [-0.2, -0.15) is 0 Å². The molecule has 0 fully saturated rings. The van der Waals surface area contributed by atoms with E-state index in [4.69, 9.17) is 0 Å². The molecule has 0 aliphatic rings. The van der Waals surface area contributed by atoms with Gasteiger partial charge in [0.2, 0.25) is 0 Å². The summed E-state index contributed by atoms with van der Waals surface area (Å²) in [6.45, 7) is 5.06. The lowest BCUT2D eigenvalue weighted by Crippen LogP contribution is -2.40. The number of nitrogens with one attached hydrogen (secondary N) is 1. The number of anilines is 1. The van der Waals surface area contributed by atoms with Gasteiger partial charge in [0.05, 0.1) is 5.41 Å². The molecule has 2 N–H and O–H groups in total. The molecule has 0 unspecified atom stereocenters. The van der Waals surface area contributed by atoms with Crippen LogP contribution in [0.4, 0.5) is 5.69 Å².